The highest BCUT2D eigenvalue weighted by Gasteiger charge is 2.29. The molecule has 1 aliphatic carbocycles. The minimum atomic E-state index is -0.930. The van der Waals surface area contributed by atoms with Crippen LogP contribution in [0.4, 0.5) is 5.00 Å². The molecule has 1 atom stereocenters. The molecule has 1 amide bonds. The Kier molecular flexibility index (Phi) is 7.40. The highest BCUT2D eigenvalue weighted by molar-refractivity contribution is 7.17. The van der Waals surface area contributed by atoms with Crippen molar-refractivity contribution in [3.05, 3.63) is 67.6 Å². The molecule has 204 valence electrons. The summed E-state index contributed by atoms with van der Waals surface area (Å²) in [6.45, 7) is 9.48. The summed E-state index contributed by atoms with van der Waals surface area (Å²) in [5.41, 5.74) is 4.95. The van der Waals surface area contributed by atoms with Crippen molar-refractivity contribution < 1.29 is 14.3 Å². The minimum absolute atomic E-state index is 0.250. The number of carbonyl (C=O) groups is 2. The average molecular weight is 548 g/mol. The molecule has 1 unspecified atom stereocenters. The summed E-state index contributed by atoms with van der Waals surface area (Å²) in [6, 6.07) is 4.96. The number of esters is 1. The molecule has 0 spiro atoms. The molecule has 9 nitrogen and oxygen atoms in total. The third-order valence-electron chi connectivity index (χ3n) is 7.45. The number of carbonyl (C=O) groups excluding carboxylic acids is 2. The molecule has 3 aromatic heterocycles. The number of thiophene rings is 1. The molecule has 5 rings (SSSR count). The van der Waals surface area contributed by atoms with Crippen molar-refractivity contribution in [3.63, 3.8) is 0 Å². The summed E-state index contributed by atoms with van der Waals surface area (Å²) < 4.78 is 8.15. The van der Waals surface area contributed by atoms with Crippen LogP contribution < -0.4 is 10.9 Å². The molecule has 1 aliphatic rings. The van der Waals surface area contributed by atoms with Gasteiger partial charge in [-0.15, -0.1) is 11.3 Å². The Morgan fingerprint density at radius 2 is 1.90 bits per heavy atom. The van der Waals surface area contributed by atoms with Gasteiger partial charge in [0, 0.05) is 10.3 Å². The van der Waals surface area contributed by atoms with Gasteiger partial charge in [0.1, 0.15) is 16.6 Å². The second-order valence-corrected chi connectivity index (χ2v) is 11.2. The van der Waals surface area contributed by atoms with E-state index in [0.29, 0.717) is 27.2 Å². The summed E-state index contributed by atoms with van der Waals surface area (Å²) in [5, 5.41) is 13.0. The molecule has 1 N–H and O–H groups in total. The van der Waals surface area contributed by atoms with Gasteiger partial charge in [0.05, 0.1) is 29.7 Å². The topological polar surface area (TPSA) is 108 Å². The van der Waals surface area contributed by atoms with Gasteiger partial charge in [-0.1, -0.05) is 12.5 Å². The number of nitrogens with zero attached hydrogens (tertiary/aromatic N) is 4. The van der Waals surface area contributed by atoms with Crippen LogP contribution in [-0.4, -0.2) is 38.0 Å². The molecule has 0 saturated heterocycles. The van der Waals surface area contributed by atoms with E-state index in [4.69, 9.17) is 4.74 Å². The number of aryl methyl sites for hydroxylation is 4. The Morgan fingerprint density at radius 1 is 1.13 bits per heavy atom. The molecule has 39 heavy (non-hydrogen) atoms. The second-order valence-electron chi connectivity index (χ2n) is 10.1. The Hall–Kier alpha value is -3.79. The van der Waals surface area contributed by atoms with Gasteiger partial charge in [-0.3, -0.25) is 9.59 Å². The van der Waals surface area contributed by atoms with Gasteiger partial charge in [-0.2, -0.15) is 10.2 Å². The predicted molar refractivity (Wildman–Crippen MR) is 152 cm³/mol. The first-order chi connectivity index (χ1) is 18.7. The van der Waals surface area contributed by atoms with Crippen molar-refractivity contribution in [3.8, 4) is 5.69 Å². The summed E-state index contributed by atoms with van der Waals surface area (Å²) >= 11 is 1.43. The largest absolute Gasteiger partial charge is 0.462 e. The minimum Gasteiger partial charge on any atom is -0.462 e. The van der Waals surface area contributed by atoms with E-state index in [-0.39, 0.29) is 6.61 Å². The third kappa shape index (κ3) is 4.89. The van der Waals surface area contributed by atoms with E-state index >= 15 is 0 Å². The van der Waals surface area contributed by atoms with E-state index in [9.17, 15) is 14.4 Å². The second kappa shape index (κ2) is 10.8. The first kappa shape index (κ1) is 26.8. The Bertz CT molecular complexity index is 1650. The van der Waals surface area contributed by atoms with Crippen LogP contribution in [0.15, 0.2) is 29.2 Å². The van der Waals surface area contributed by atoms with Crippen LogP contribution in [0.5, 0.6) is 0 Å². The van der Waals surface area contributed by atoms with Gasteiger partial charge < -0.3 is 10.1 Å². The van der Waals surface area contributed by atoms with Crippen molar-refractivity contribution in [1.82, 2.24) is 19.6 Å². The smallest absolute Gasteiger partial charge is 0.341 e. The van der Waals surface area contributed by atoms with E-state index < -0.39 is 23.5 Å². The number of amides is 1. The lowest BCUT2D eigenvalue weighted by Gasteiger charge is -2.16. The zero-order valence-corrected chi connectivity index (χ0v) is 23.8. The molecular weight excluding hydrogens is 514 g/mol. The monoisotopic (exact) mass is 547 g/mol. The van der Waals surface area contributed by atoms with E-state index in [2.05, 4.69) is 15.5 Å². The zero-order valence-electron chi connectivity index (χ0n) is 23.0. The molecule has 10 heteroatoms. The quantitative estimate of drug-likeness (QED) is 0.262. The number of benzene rings is 1. The van der Waals surface area contributed by atoms with Crippen molar-refractivity contribution in [2.24, 2.45) is 0 Å². The fraction of sp³-hybridized carbons (Fsp3) is 0.414. The Balaban J connectivity index is 1.52. The fourth-order valence-corrected chi connectivity index (χ4v) is 6.36. The maximum atomic E-state index is 13.7. The summed E-state index contributed by atoms with van der Waals surface area (Å²) in [6.07, 6.45) is 6.44. The van der Waals surface area contributed by atoms with Crippen LogP contribution in [0.2, 0.25) is 0 Å². The maximum Gasteiger partial charge on any atom is 0.341 e. The SMILES string of the molecule is CCOC(=O)c1c(NC(=O)C(C)n2nc(C)c3cnn(-c4ccc(C)c(C)c4)c3c2=O)sc2c1CCCCC2. The highest BCUT2D eigenvalue weighted by Crippen LogP contribution is 2.38. The van der Waals surface area contributed by atoms with E-state index in [1.165, 1.54) is 16.0 Å². The number of hydrogen-bond donors (Lipinski definition) is 1. The van der Waals surface area contributed by atoms with Gasteiger partial charge in [0.2, 0.25) is 5.91 Å². The molecule has 3 heterocycles. The van der Waals surface area contributed by atoms with Gasteiger partial charge in [0.25, 0.3) is 5.56 Å². The molecule has 4 aromatic rings. The fourth-order valence-electron chi connectivity index (χ4n) is 5.08. The number of rotatable bonds is 6. The van der Waals surface area contributed by atoms with E-state index in [1.807, 2.05) is 32.0 Å². The first-order valence-electron chi connectivity index (χ1n) is 13.4. The molecule has 0 radical (unpaired) electrons. The number of nitrogens with one attached hydrogen (secondary N) is 1. The van der Waals surface area contributed by atoms with Gasteiger partial charge in [-0.05, 0) is 89.1 Å². The number of aromatic nitrogens is 4. The summed E-state index contributed by atoms with van der Waals surface area (Å²) in [7, 11) is 0. The van der Waals surface area contributed by atoms with Gasteiger partial charge in [-0.25, -0.2) is 14.2 Å². The summed E-state index contributed by atoms with van der Waals surface area (Å²) in [4.78, 5) is 41.3. The van der Waals surface area contributed by atoms with Crippen LogP contribution in [0.3, 0.4) is 0 Å². The first-order valence-corrected chi connectivity index (χ1v) is 14.2. The van der Waals surface area contributed by atoms with Crippen LogP contribution >= 0.6 is 11.3 Å². The summed E-state index contributed by atoms with van der Waals surface area (Å²) in [5.74, 6) is -0.854. The highest BCUT2D eigenvalue weighted by atomic mass is 32.1. The third-order valence-corrected chi connectivity index (χ3v) is 8.65. The van der Waals surface area contributed by atoms with Gasteiger partial charge in [0.15, 0.2) is 0 Å². The standard InChI is InChI=1S/C29H33N5O4S/c1-6-38-29(37)24-21-10-8-7-9-11-23(21)39-27(24)31-26(35)19(5)33-28(36)25-22(18(4)32-33)15-30-34(25)20-13-12-16(2)17(3)14-20/h12-15,19H,6-11H2,1-5H3,(H,31,35). The molecular formula is C29H33N5O4S. The number of fused-ring (bicyclic) bond motifs is 2. The molecule has 0 bridgehead atoms. The van der Waals surface area contributed by atoms with Crippen molar-refractivity contribution in [1.29, 1.82) is 0 Å². The van der Waals surface area contributed by atoms with E-state index in [0.717, 1.165) is 59.4 Å². The lowest BCUT2D eigenvalue weighted by Crippen LogP contribution is -2.34. The van der Waals surface area contributed by atoms with Gasteiger partial charge >= 0.3 is 5.97 Å². The lowest BCUT2D eigenvalue weighted by atomic mass is 10.1. The predicted octanol–water partition coefficient (Wildman–Crippen LogP) is 5.21. The zero-order chi connectivity index (χ0) is 27.8. The molecule has 0 fully saturated rings. The Morgan fingerprint density at radius 3 is 2.64 bits per heavy atom. The maximum absolute atomic E-state index is 13.7. The van der Waals surface area contributed by atoms with Crippen molar-refractivity contribution >= 4 is 39.1 Å². The van der Waals surface area contributed by atoms with Crippen molar-refractivity contribution in [2.45, 2.75) is 72.8 Å². The van der Waals surface area contributed by atoms with Crippen molar-refractivity contribution in [2.75, 3.05) is 11.9 Å². The van der Waals surface area contributed by atoms with Crippen LogP contribution in [0.1, 0.15) is 76.8 Å². The Labute approximate surface area is 230 Å². The average Bonchev–Trinajstić information content (AvgIpc) is 3.43. The molecule has 1 aromatic carbocycles. The number of hydrogen-bond acceptors (Lipinski definition) is 7. The van der Waals surface area contributed by atoms with Crippen LogP contribution in [-0.2, 0) is 22.4 Å². The number of anilines is 1. The van der Waals surface area contributed by atoms with Crippen LogP contribution in [0.25, 0.3) is 16.6 Å². The molecule has 0 saturated carbocycles. The number of ether oxygens (including phenoxy) is 1. The normalized spacial score (nSPS) is 14.1. The molecule has 0 aliphatic heterocycles. The van der Waals surface area contributed by atoms with E-state index in [1.54, 1.807) is 31.6 Å². The lowest BCUT2D eigenvalue weighted by molar-refractivity contribution is -0.119. The van der Waals surface area contributed by atoms with Crippen LogP contribution in [0, 0.1) is 20.8 Å².